The molecule has 2 rings (SSSR count). The van der Waals surface area contributed by atoms with Gasteiger partial charge in [-0.15, -0.1) is 11.3 Å². The van der Waals surface area contributed by atoms with Crippen LogP contribution in [0.2, 0.25) is 0 Å². The van der Waals surface area contributed by atoms with Crippen molar-refractivity contribution in [1.82, 2.24) is 0 Å². The minimum atomic E-state index is -0.0977. The Balaban J connectivity index is 2.74. The number of carbonyl (C=O) groups is 1. The second kappa shape index (κ2) is 3.81. The van der Waals surface area contributed by atoms with Crippen LogP contribution in [0.4, 0.5) is 0 Å². The summed E-state index contributed by atoms with van der Waals surface area (Å²) in [6.07, 6.45) is 0.774. The van der Waals surface area contributed by atoms with Gasteiger partial charge in [-0.2, -0.15) is 0 Å². The van der Waals surface area contributed by atoms with E-state index in [0.717, 1.165) is 20.2 Å². The Morgan fingerprint density at radius 3 is 2.86 bits per heavy atom. The number of benzene rings is 1. The van der Waals surface area contributed by atoms with E-state index in [0.29, 0.717) is 11.1 Å². The lowest BCUT2D eigenvalue weighted by atomic mass is 10.1. The van der Waals surface area contributed by atoms with Gasteiger partial charge in [-0.3, -0.25) is 4.79 Å². The van der Waals surface area contributed by atoms with Crippen molar-refractivity contribution in [2.75, 3.05) is 0 Å². The molecule has 0 aliphatic carbocycles. The van der Waals surface area contributed by atoms with E-state index in [4.69, 9.17) is 5.11 Å². The zero-order valence-electron chi connectivity index (χ0n) is 7.16. The fraction of sp³-hybridized carbons (Fsp3) is 0.100. The Hall–Kier alpha value is -0.710. The van der Waals surface area contributed by atoms with Gasteiger partial charge in [-0.1, -0.05) is 0 Å². The first kappa shape index (κ1) is 9.83. The molecule has 0 spiro atoms. The summed E-state index contributed by atoms with van der Waals surface area (Å²) in [5, 5.41) is 10.1. The molecule has 4 heteroatoms. The average Bonchev–Trinajstić information content (AvgIpc) is 2.54. The van der Waals surface area contributed by atoms with Gasteiger partial charge in [0.1, 0.15) is 6.29 Å². The summed E-state index contributed by atoms with van der Waals surface area (Å²) in [4.78, 5) is 10.7. The van der Waals surface area contributed by atoms with E-state index in [1.807, 2.05) is 12.1 Å². The van der Waals surface area contributed by atoms with Crippen LogP contribution in [-0.2, 0) is 6.61 Å². The molecule has 0 saturated carbocycles. The van der Waals surface area contributed by atoms with Crippen molar-refractivity contribution in [3.8, 4) is 0 Å². The van der Waals surface area contributed by atoms with Crippen molar-refractivity contribution < 1.29 is 9.90 Å². The summed E-state index contributed by atoms with van der Waals surface area (Å²) in [7, 11) is 0. The topological polar surface area (TPSA) is 37.3 Å². The van der Waals surface area contributed by atoms with Crippen molar-refractivity contribution >= 4 is 43.6 Å². The number of fused-ring (bicyclic) bond motifs is 1. The maximum atomic E-state index is 10.7. The van der Waals surface area contributed by atoms with Gasteiger partial charge >= 0.3 is 0 Å². The molecular formula is C10H7BrO2S. The molecular weight excluding hydrogens is 264 g/mol. The number of rotatable bonds is 2. The minimum absolute atomic E-state index is 0.0977. The third-order valence-electron chi connectivity index (χ3n) is 2.05. The van der Waals surface area contributed by atoms with Crippen molar-refractivity contribution in [1.29, 1.82) is 0 Å². The number of halogens is 1. The van der Waals surface area contributed by atoms with Crippen LogP contribution < -0.4 is 0 Å². The van der Waals surface area contributed by atoms with Gasteiger partial charge in [0, 0.05) is 10.3 Å². The van der Waals surface area contributed by atoms with E-state index >= 15 is 0 Å². The van der Waals surface area contributed by atoms with Gasteiger partial charge in [-0.05, 0) is 45.1 Å². The Kier molecular flexibility index (Phi) is 2.67. The number of thiophene rings is 1. The summed E-state index contributed by atoms with van der Waals surface area (Å²) in [6.45, 7) is -0.0977. The quantitative estimate of drug-likeness (QED) is 0.852. The molecule has 0 bridgehead atoms. The molecule has 14 heavy (non-hydrogen) atoms. The molecule has 0 aliphatic heterocycles. The van der Waals surface area contributed by atoms with Gasteiger partial charge in [0.2, 0.25) is 0 Å². The Morgan fingerprint density at radius 1 is 1.43 bits per heavy atom. The average molecular weight is 271 g/mol. The predicted molar refractivity (Wildman–Crippen MR) is 60.8 cm³/mol. The zero-order chi connectivity index (χ0) is 10.1. The Labute approximate surface area is 93.3 Å². The number of carbonyl (C=O) groups excluding carboxylic acids is 1. The van der Waals surface area contributed by atoms with E-state index in [1.165, 1.54) is 0 Å². The number of aldehydes is 1. The van der Waals surface area contributed by atoms with Crippen molar-refractivity contribution in [3.63, 3.8) is 0 Å². The minimum Gasteiger partial charge on any atom is -0.392 e. The maximum Gasteiger partial charge on any atom is 0.150 e. The van der Waals surface area contributed by atoms with Crippen molar-refractivity contribution in [2.24, 2.45) is 0 Å². The largest absolute Gasteiger partial charge is 0.392 e. The van der Waals surface area contributed by atoms with E-state index < -0.39 is 0 Å². The molecule has 1 aromatic carbocycles. The van der Waals surface area contributed by atoms with Gasteiger partial charge in [-0.25, -0.2) is 0 Å². The second-order valence-electron chi connectivity index (χ2n) is 2.92. The fourth-order valence-corrected chi connectivity index (χ4v) is 2.96. The van der Waals surface area contributed by atoms with Crippen LogP contribution >= 0.6 is 27.3 Å². The Bertz CT molecular complexity index is 490. The van der Waals surface area contributed by atoms with Crippen LogP contribution in [0.3, 0.4) is 0 Å². The Morgan fingerprint density at radius 2 is 2.21 bits per heavy atom. The number of hydrogen-bond acceptors (Lipinski definition) is 3. The molecule has 72 valence electrons. The van der Waals surface area contributed by atoms with Gasteiger partial charge in [0.05, 0.1) is 10.4 Å². The summed E-state index contributed by atoms with van der Waals surface area (Å²) in [5.74, 6) is 0. The summed E-state index contributed by atoms with van der Waals surface area (Å²) < 4.78 is 2.10. The number of aliphatic hydroxyl groups is 1. The first-order valence-corrected chi connectivity index (χ1v) is 5.63. The molecule has 0 amide bonds. The fourth-order valence-electron chi connectivity index (χ4n) is 1.36. The molecule has 2 nitrogen and oxygen atoms in total. The highest BCUT2D eigenvalue weighted by atomic mass is 79.9. The molecule has 0 unspecified atom stereocenters. The van der Waals surface area contributed by atoms with Gasteiger partial charge in [0.15, 0.2) is 0 Å². The van der Waals surface area contributed by atoms with Crippen LogP contribution in [0.15, 0.2) is 22.0 Å². The molecule has 1 aromatic heterocycles. The van der Waals surface area contributed by atoms with Crippen LogP contribution in [0, 0.1) is 0 Å². The highest BCUT2D eigenvalue weighted by molar-refractivity contribution is 9.11. The van der Waals surface area contributed by atoms with Crippen LogP contribution in [0.25, 0.3) is 10.1 Å². The van der Waals surface area contributed by atoms with Gasteiger partial charge in [0.25, 0.3) is 0 Å². The molecule has 0 saturated heterocycles. The van der Waals surface area contributed by atoms with Crippen molar-refractivity contribution in [2.45, 2.75) is 6.61 Å². The van der Waals surface area contributed by atoms with E-state index in [-0.39, 0.29) is 6.61 Å². The molecule has 1 N–H and O–H groups in total. The lowest BCUT2D eigenvalue weighted by Crippen LogP contribution is -1.91. The lowest BCUT2D eigenvalue weighted by molar-refractivity contribution is 0.112. The highest BCUT2D eigenvalue weighted by Gasteiger charge is 2.05. The third-order valence-corrected chi connectivity index (χ3v) is 3.65. The monoisotopic (exact) mass is 270 g/mol. The van der Waals surface area contributed by atoms with Gasteiger partial charge < -0.3 is 5.11 Å². The first-order valence-electron chi connectivity index (χ1n) is 4.02. The van der Waals surface area contributed by atoms with E-state index in [9.17, 15) is 4.79 Å². The molecule has 0 fully saturated rings. The van der Waals surface area contributed by atoms with Crippen LogP contribution in [0.1, 0.15) is 15.9 Å². The van der Waals surface area contributed by atoms with Crippen molar-refractivity contribution in [3.05, 3.63) is 33.1 Å². The predicted octanol–water partition coefficient (Wildman–Crippen LogP) is 2.97. The lowest BCUT2D eigenvalue weighted by Gasteiger charge is -2.00. The molecule has 0 atom stereocenters. The number of hydrogen-bond donors (Lipinski definition) is 1. The summed E-state index contributed by atoms with van der Waals surface area (Å²) in [6, 6.07) is 5.62. The molecule has 1 heterocycles. The summed E-state index contributed by atoms with van der Waals surface area (Å²) >= 11 is 4.98. The standard InChI is InChI=1S/C10H7BrO2S/c11-10-3-6-1-7(4-12)8(5-13)2-9(6)14-10/h1-4,13H,5H2. The SMILES string of the molecule is O=Cc1cc2cc(Br)sc2cc1CO. The van der Waals surface area contributed by atoms with Crippen LogP contribution in [0.5, 0.6) is 0 Å². The third kappa shape index (κ3) is 1.61. The van der Waals surface area contributed by atoms with Crippen LogP contribution in [-0.4, -0.2) is 11.4 Å². The van der Waals surface area contributed by atoms with E-state index in [1.54, 1.807) is 17.4 Å². The molecule has 0 radical (unpaired) electrons. The zero-order valence-corrected chi connectivity index (χ0v) is 9.56. The highest BCUT2D eigenvalue weighted by Crippen LogP contribution is 2.31. The summed E-state index contributed by atoms with van der Waals surface area (Å²) in [5.41, 5.74) is 1.24. The maximum absolute atomic E-state index is 10.7. The normalized spacial score (nSPS) is 10.7. The smallest absolute Gasteiger partial charge is 0.150 e. The first-order chi connectivity index (χ1) is 6.74. The second-order valence-corrected chi connectivity index (χ2v) is 5.38. The molecule has 0 aliphatic rings. The molecule has 2 aromatic rings. The van der Waals surface area contributed by atoms with E-state index in [2.05, 4.69) is 15.9 Å². The number of aliphatic hydroxyl groups excluding tert-OH is 1.